The van der Waals surface area contributed by atoms with Gasteiger partial charge >= 0.3 is 0 Å². The number of nitrogens with one attached hydrogen (secondary N) is 1. The number of nitro groups is 1. The van der Waals surface area contributed by atoms with E-state index >= 15 is 0 Å². The van der Waals surface area contributed by atoms with Crippen LogP contribution in [-0.2, 0) is 10.0 Å². The minimum Gasteiger partial charge on any atom is -0.301 e. The summed E-state index contributed by atoms with van der Waals surface area (Å²) in [5.41, 5.74) is 0.279. The minimum atomic E-state index is -3.75. The van der Waals surface area contributed by atoms with Gasteiger partial charge in [-0.2, -0.15) is 0 Å². The Kier molecular flexibility index (Phi) is 5.38. The van der Waals surface area contributed by atoms with E-state index in [1.165, 1.54) is 12.1 Å². The average molecular weight is 341 g/mol. The molecule has 128 valence electrons. The van der Waals surface area contributed by atoms with Gasteiger partial charge in [-0.3, -0.25) is 10.1 Å². The lowest BCUT2D eigenvalue weighted by Crippen LogP contribution is -2.33. The Labute approximate surface area is 136 Å². The second-order valence-electron chi connectivity index (χ2n) is 6.30. The van der Waals surface area contributed by atoms with Crippen LogP contribution < -0.4 is 4.72 Å². The highest BCUT2D eigenvalue weighted by molar-refractivity contribution is 7.89. The Morgan fingerprint density at radius 1 is 1.43 bits per heavy atom. The Hall–Kier alpha value is -1.51. The predicted octanol–water partition coefficient (Wildman–Crippen LogP) is 1.91. The monoisotopic (exact) mass is 341 g/mol. The SMILES string of the molecule is Cc1ccc([N+](=O)[O-])cc1S(=O)(=O)NC[C@@H]1CCN(C(C)C)C1. The van der Waals surface area contributed by atoms with Crippen molar-refractivity contribution in [3.8, 4) is 0 Å². The first-order valence-electron chi connectivity index (χ1n) is 7.69. The summed E-state index contributed by atoms with van der Waals surface area (Å²) in [6.07, 6.45) is 0.953. The lowest BCUT2D eigenvalue weighted by Gasteiger charge is -2.20. The zero-order chi connectivity index (χ0) is 17.2. The first-order chi connectivity index (χ1) is 10.7. The van der Waals surface area contributed by atoms with Crippen molar-refractivity contribution < 1.29 is 13.3 Å². The summed E-state index contributed by atoms with van der Waals surface area (Å²) in [6.45, 7) is 8.08. The smallest absolute Gasteiger partial charge is 0.270 e. The van der Waals surface area contributed by atoms with E-state index in [2.05, 4.69) is 23.5 Å². The standard InChI is InChI=1S/C15H23N3O4S/c1-11(2)17-7-6-13(10-17)9-16-23(21,22)15-8-14(18(19)20)5-4-12(15)3/h4-5,8,11,13,16H,6-7,9-10H2,1-3H3/t13-/m0/s1. The third kappa shape index (κ3) is 4.27. The maximum atomic E-state index is 12.5. The molecule has 1 aromatic rings. The van der Waals surface area contributed by atoms with Crippen LogP contribution in [0.2, 0.25) is 0 Å². The molecule has 1 fully saturated rings. The summed E-state index contributed by atoms with van der Waals surface area (Å²) in [5.74, 6) is 0.270. The van der Waals surface area contributed by atoms with Crippen molar-refractivity contribution in [1.82, 2.24) is 9.62 Å². The van der Waals surface area contributed by atoms with E-state index in [0.29, 0.717) is 18.2 Å². The molecule has 23 heavy (non-hydrogen) atoms. The van der Waals surface area contributed by atoms with Crippen molar-refractivity contribution in [1.29, 1.82) is 0 Å². The fourth-order valence-electron chi connectivity index (χ4n) is 2.80. The van der Waals surface area contributed by atoms with E-state index in [9.17, 15) is 18.5 Å². The molecule has 0 amide bonds. The van der Waals surface area contributed by atoms with Crippen molar-refractivity contribution in [2.45, 2.75) is 38.1 Å². The van der Waals surface area contributed by atoms with Gasteiger partial charge in [0.25, 0.3) is 5.69 Å². The quantitative estimate of drug-likeness (QED) is 0.630. The van der Waals surface area contributed by atoms with Crippen LogP contribution in [0.3, 0.4) is 0 Å². The van der Waals surface area contributed by atoms with E-state index in [0.717, 1.165) is 25.6 Å². The Balaban J connectivity index is 2.08. The Morgan fingerprint density at radius 3 is 2.70 bits per heavy atom. The molecule has 0 spiro atoms. The molecule has 1 aliphatic rings. The number of hydrogen-bond acceptors (Lipinski definition) is 5. The molecule has 8 heteroatoms. The van der Waals surface area contributed by atoms with E-state index < -0.39 is 14.9 Å². The molecule has 0 aliphatic carbocycles. The maximum Gasteiger partial charge on any atom is 0.270 e. The number of benzene rings is 1. The Morgan fingerprint density at radius 2 is 2.13 bits per heavy atom. The van der Waals surface area contributed by atoms with Crippen LogP contribution >= 0.6 is 0 Å². The minimum absolute atomic E-state index is 0.0228. The fraction of sp³-hybridized carbons (Fsp3) is 0.600. The first kappa shape index (κ1) is 17.8. The number of likely N-dealkylation sites (tertiary alicyclic amines) is 1. The molecule has 2 rings (SSSR count). The van der Waals surface area contributed by atoms with Gasteiger partial charge < -0.3 is 4.90 Å². The van der Waals surface area contributed by atoms with Crippen molar-refractivity contribution in [3.63, 3.8) is 0 Å². The van der Waals surface area contributed by atoms with Crippen LogP contribution in [0.4, 0.5) is 5.69 Å². The van der Waals surface area contributed by atoms with E-state index in [-0.39, 0.29) is 16.5 Å². The number of nitro benzene ring substituents is 1. The highest BCUT2D eigenvalue weighted by Gasteiger charge is 2.27. The molecule has 0 aromatic heterocycles. The molecule has 0 radical (unpaired) electrons. The van der Waals surface area contributed by atoms with Crippen molar-refractivity contribution in [2.24, 2.45) is 5.92 Å². The third-order valence-electron chi connectivity index (χ3n) is 4.28. The second kappa shape index (κ2) is 6.94. The molecule has 0 bridgehead atoms. The number of sulfonamides is 1. The van der Waals surface area contributed by atoms with Gasteiger partial charge in [-0.05, 0) is 45.2 Å². The topological polar surface area (TPSA) is 92.5 Å². The normalized spacial score (nSPS) is 19.4. The van der Waals surface area contributed by atoms with E-state index in [4.69, 9.17) is 0 Å². The number of non-ortho nitro benzene ring substituents is 1. The van der Waals surface area contributed by atoms with Crippen molar-refractivity contribution in [2.75, 3.05) is 19.6 Å². The highest BCUT2D eigenvalue weighted by atomic mass is 32.2. The summed E-state index contributed by atoms with van der Waals surface area (Å²) in [7, 11) is -3.75. The Bertz CT molecular complexity index is 688. The van der Waals surface area contributed by atoms with E-state index in [1.54, 1.807) is 6.92 Å². The van der Waals surface area contributed by atoms with Gasteiger partial charge in [-0.1, -0.05) is 6.07 Å². The molecule has 0 unspecified atom stereocenters. The molecule has 7 nitrogen and oxygen atoms in total. The predicted molar refractivity (Wildman–Crippen MR) is 87.8 cm³/mol. The largest absolute Gasteiger partial charge is 0.301 e. The molecular formula is C15H23N3O4S. The molecule has 1 aromatic carbocycles. The zero-order valence-corrected chi connectivity index (χ0v) is 14.5. The van der Waals surface area contributed by atoms with Crippen LogP contribution in [0.15, 0.2) is 23.1 Å². The number of hydrogen-bond donors (Lipinski definition) is 1. The van der Waals surface area contributed by atoms with Gasteiger partial charge in [0, 0.05) is 31.3 Å². The highest BCUT2D eigenvalue weighted by Crippen LogP contribution is 2.23. The molecule has 1 heterocycles. The summed E-state index contributed by atoms with van der Waals surface area (Å²) in [6, 6.07) is 4.34. The number of rotatable bonds is 6. The van der Waals surface area contributed by atoms with Gasteiger partial charge in [0.2, 0.25) is 10.0 Å². The fourth-order valence-corrected chi connectivity index (χ4v) is 4.17. The maximum absolute atomic E-state index is 12.5. The van der Waals surface area contributed by atoms with Crippen LogP contribution in [0.5, 0.6) is 0 Å². The van der Waals surface area contributed by atoms with Crippen LogP contribution in [0, 0.1) is 23.0 Å². The van der Waals surface area contributed by atoms with Gasteiger partial charge in [-0.25, -0.2) is 13.1 Å². The molecule has 0 saturated carbocycles. The number of nitrogens with zero attached hydrogens (tertiary/aromatic N) is 2. The van der Waals surface area contributed by atoms with Gasteiger partial charge in [0.15, 0.2) is 0 Å². The van der Waals surface area contributed by atoms with E-state index in [1.807, 2.05) is 0 Å². The molecule has 1 atom stereocenters. The van der Waals surface area contributed by atoms with Crippen LogP contribution in [-0.4, -0.2) is 43.9 Å². The van der Waals surface area contributed by atoms with Gasteiger partial charge in [0.05, 0.1) is 9.82 Å². The summed E-state index contributed by atoms with van der Waals surface area (Å²) in [4.78, 5) is 12.6. The number of aryl methyl sites for hydroxylation is 1. The third-order valence-corrected chi connectivity index (χ3v) is 5.85. The van der Waals surface area contributed by atoms with Crippen LogP contribution in [0.25, 0.3) is 0 Å². The molecule has 1 saturated heterocycles. The second-order valence-corrected chi connectivity index (χ2v) is 8.04. The lowest BCUT2D eigenvalue weighted by atomic mass is 10.1. The molecule has 1 N–H and O–H groups in total. The van der Waals surface area contributed by atoms with Crippen molar-refractivity contribution in [3.05, 3.63) is 33.9 Å². The summed E-state index contributed by atoms with van der Waals surface area (Å²) in [5, 5.41) is 10.8. The summed E-state index contributed by atoms with van der Waals surface area (Å²) >= 11 is 0. The zero-order valence-electron chi connectivity index (χ0n) is 13.7. The lowest BCUT2D eigenvalue weighted by molar-refractivity contribution is -0.385. The van der Waals surface area contributed by atoms with Gasteiger partial charge in [0.1, 0.15) is 0 Å². The summed E-state index contributed by atoms with van der Waals surface area (Å²) < 4.78 is 27.5. The molecule has 1 aliphatic heterocycles. The van der Waals surface area contributed by atoms with Crippen molar-refractivity contribution >= 4 is 15.7 Å². The van der Waals surface area contributed by atoms with Gasteiger partial charge in [-0.15, -0.1) is 0 Å². The van der Waals surface area contributed by atoms with Crippen LogP contribution in [0.1, 0.15) is 25.8 Å². The molecular weight excluding hydrogens is 318 g/mol. The average Bonchev–Trinajstić information content (AvgIpc) is 2.94. The first-order valence-corrected chi connectivity index (χ1v) is 9.18.